The van der Waals surface area contributed by atoms with Crippen LogP contribution in [0.15, 0.2) is 16.9 Å². The van der Waals surface area contributed by atoms with Crippen LogP contribution in [0.25, 0.3) is 0 Å². The second kappa shape index (κ2) is 3.18. The minimum atomic E-state index is 0.943. The van der Waals surface area contributed by atoms with Crippen LogP contribution in [-0.2, 0) is 0 Å². The van der Waals surface area contributed by atoms with Gasteiger partial charge in [0.15, 0.2) is 0 Å². The standard InChI is InChI=1S/C9H17N2/c1-4-5-9-8-11(2,3)7-6-10-9/h6,8H,4-5,7H2,1-3H3/q+1. The third-order valence-corrected chi connectivity index (χ3v) is 1.81. The van der Waals surface area contributed by atoms with E-state index >= 15 is 0 Å². The Kier molecular flexibility index (Phi) is 2.45. The second-order valence-corrected chi connectivity index (χ2v) is 3.64. The molecule has 0 aliphatic carbocycles. The molecule has 0 bridgehead atoms. The molecule has 11 heavy (non-hydrogen) atoms. The highest BCUT2D eigenvalue weighted by molar-refractivity contribution is 5.61. The third kappa shape index (κ3) is 2.46. The number of aliphatic imine (C=N–C) groups is 1. The molecule has 0 N–H and O–H groups in total. The van der Waals surface area contributed by atoms with Gasteiger partial charge in [-0.25, -0.2) is 0 Å². The van der Waals surface area contributed by atoms with E-state index in [-0.39, 0.29) is 0 Å². The lowest BCUT2D eigenvalue weighted by Gasteiger charge is -2.26. The van der Waals surface area contributed by atoms with Crippen molar-refractivity contribution in [3.8, 4) is 0 Å². The van der Waals surface area contributed by atoms with Crippen LogP contribution < -0.4 is 0 Å². The van der Waals surface area contributed by atoms with Gasteiger partial charge in [-0.3, -0.25) is 9.48 Å². The number of hydrogen-bond acceptors (Lipinski definition) is 1. The van der Waals surface area contributed by atoms with Crippen LogP contribution >= 0.6 is 0 Å². The van der Waals surface area contributed by atoms with E-state index in [1.807, 2.05) is 6.21 Å². The normalized spacial score (nSPS) is 21.5. The Bertz CT molecular complexity index is 190. The lowest BCUT2D eigenvalue weighted by atomic mass is 10.2. The van der Waals surface area contributed by atoms with E-state index in [4.69, 9.17) is 0 Å². The summed E-state index contributed by atoms with van der Waals surface area (Å²) in [5.74, 6) is 0. The highest BCUT2D eigenvalue weighted by Crippen LogP contribution is 2.13. The van der Waals surface area contributed by atoms with Gasteiger partial charge >= 0.3 is 0 Å². The fourth-order valence-electron chi connectivity index (χ4n) is 1.24. The van der Waals surface area contributed by atoms with E-state index in [0.717, 1.165) is 17.4 Å². The van der Waals surface area contributed by atoms with Crippen LogP contribution in [0, 0.1) is 0 Å². The second-order valence-electron chi connectivity index (χ2n) is 3.64. The predicted octanol–water partition coefficient (Wildman–Crippen LogP) is 1.79. The summed E-state index contributed by atoms with van der Waals surface area (Å²) in [6.07, 6.45) is 6.55. The Hall–Kier alpha value is -0.630. The van der Waals surface area contributed by atoms with Crippen molar-refractivity contribution in [3.05, 3.63) is 11.9 Å². The van der Waals surface area contributed by atoms with Gasteiger partial charge in [0.05, 0.1) is 26.0 Å². The monoisotopic (exact) mass is 153 g/mol. The molecule has 0 unspecified atom stereocenters. The first-order chi connectivity index (χ1) is 5.14. The van der Waals surface area contributed by atoms with E-state index in [9.17, 15) is 0 Å². The smallest absolute Gasteiger partial charge is 0.118 e. The van der Waals surface area contributed by atoms with Gasteiger partial charge in [-0.15, -0.1) is 0 Å². The average molecular weight is 153 g/mol. The van der Waals surface area contributed by atoms with Gasteiger partial charge in [0.1, 0.15) is 12.7 Å². The summed E-state index contributed by atoms with van der Waals surface area (Å²) in [5.41, 5.74) is 1.24. The molecule has 1 aliphatic heterocycles. The topological polar surface area (TPSA) is 12.4 Å². The average Bonchev–Trinajstić information content (AvgIpc) is 1.85. The molecule has 1 rings (SSSR count). The van der Waals surface area contributed by atoms with Gasteiger partial charge in [-0.05, 0) is 6.42 Å². The van der Waals surface area contributed by atoms with E-state index in [2.05, 4.69) is 32.2 Å². The highest BCUT2D eigenvalue weighted by Gasteiger charge is 2.15. The fourth-order valence-corrected chi connectivity index (χ4v) is 1.24. The lowest BCUT2D eigenvalue weighted by molar-refractivity contribution is -0.829. The van der Waals surface area contributed by atoms with Crippen molar-refractivity contribution < 1.29 is 4.48 Å². The van der Waals surface area contributed by atoms with E-state index in [1.54, 1.807) is 0 Å². The minimum absolute atomic E-state index is 0.943. The molecule has 0 radical (unpaired) electrons. The van der Waals surface area contributed by atoms with Crippen LogP contribution in [0.5, 0.6) is 0 Å². The van der Waals surface area contributed by atoms with Crippen LogP contribution in [0.3, 0.4) is 0 Å². The first-order valence-electron chi connectivity index (χ1n) is 4.21. The summed E-state index contributed by atoms with van der Waals surface area (Å²) >= 11 is 0. The molecule has 0 saturated heterocycles. The number of rotatable bonds is 2. The summed E-state index contributed by atoms with van der Waals surface area (Å²) in [6, 6.07) is 0. The van der Waals surface area contributed by atoms with Gasteiger partial charge in [0.25, 0.3) is 0 Å². The number of quaternary nitrogens is 1. The van der Waals surface area contributed by atoms with Crippen molar-refractivity contribution >= 4 is 6.21 Å². The number of allylic oxidation sites excluding steroid dienone is 1. The third-order valence-electron chi connectivity index (χ3n) is 1.81. The quantitative estimate of drug-likeness (QED) is 0.536. The first-order valence-corrected chi connectivity index (χ1v) is 4.21. The molecular formula is C9H17N2+. The summed E-state index contributed by atoms with van der Waals surface area (Å²) in [5, 5.41) is 0. The molecule has 1 aliphatic rings. The van der Waals surface area contributed by atoms with Gasteiger partial charge < -0.3 is 0 Å². The molecule has 2 heteroatoms. The van der Waals surface area contributed by atoms with E-state index < -0.39 is 0 Å². The van der Waals surface area contributed by atoms with Crippen LogP contribution in [0.4, 0.5) is 0 Å². The van der Waals surface area contributed by atoms with Gasteiger partial charge in [0.2, 0.25) is 0 Å². The Balaban J connectivity index is 2.64. The Morgan fingerprint density at radius 1 is 1.55 bits per heavy atom. The van der Waals surface area contributed by atoms with Gasteiger partial charge in [0, 0.05) is 0 Å². The molecule has 0 atom stereocenters. The zero-order chi connectivity index (χ0) is 8.32. The SMILES string of the molecule is CCCC1=C[N+](C)(C)CC=N1. The molecule has 0 aromatic rings. The van der Waals surface area contributed by atoms with Crippen molar-refractivity contribution in [2.75, 3.05) is 20.6 Å². The zero-order valence-electron chi connectivity index (χ0n) is 7.67. The van der Waals surface area contributed by atoms with E-state index in [1.165, 1.54) is 12.1 Å². The molecule has 62 valence electrons. The molecule has 2 nitrogen and oxygen atoms in total. The van der Waals surface area contributed by atoms with Crippen molar-refractivity contribution in [1.29, 1.82) is 0 Å². The largest absolute Gasteiger partial charge is 0.296 e. The van der Waals surface area contributed by atoms with Crippen molar-refractivity contribution in [1.82, 2.24) is 0 Å². The van der Waals surface area contributed by atoms with E-state index in [0.29, 0.717) is 0 Å². The number of nitrogens with zero attached hydrogens (tertiary/aromatic N) is 2. The lowest BCUT2D eigenvalue weighted by Crippen LogP contribution is -2.37. The molecule has 0 spiro atoms. The number of hydrogen-bond donors (Lipinski definition) is 0. The van der Waals surface area contributed by atoms with Crippen LogP contribution in [0.1, 0.15) is 19.8 Å². The summed E-state index contributed by atoms with van der Waals surface area (Å²) < 4.78 is 0.943. The summed E-state index contributed by atoms with van der Waals surface area (Å²) in [6.45, 7) is 3.21. The molecule has 0 saturated carbocycles. The maximum atomic E-state index is 4.34. The van der Waals surface area contributed by atoms with Gasteiger partial charge in [-0.1, -0.05) is 13.3 Å². The molecule has 0 aromatic carbocycles. The highest BCUT2D eigenvalue weighted by atomic mass is 15.3. The fraction of sp³-hybridized carbons (Fsp3) is 0.667. The molecular weight excluding hydrogens is 136 g/mol. The Morgan fingerprint density at radius 2 is 2.27 bits per heavy atom. The maximum absolute atomic E-state index is 4.34. The van der Waals surface area contributed by atoms with Crippen molar-refractivity contribution in [2.45, 2.75) is 19.8 Å². The predicted molar refractivity (Wildman–Crippen MR) is 48.5 cm³/mol. The van der Waals surface area contributed by atoms with Crippen molar-refractivity contribution in [2.24, 2.45) is 4.99 Å². The van der Waals surface area contributed by atoms with Crippen LogP contribution in [-0.4, -0.2) is 31.3 Å². The summed E-state index contributed by atoms with van der Waals surface area (Å²) in [7, 11) is 4.39. The minimum Gasteiger partial charge on any atom is -0.296 e. The molecule has 0 amide bonds. The Morgan fingerprint density at radius 3 is 2.82 bits per heavy atom. The molecule has 1 heterocycles. The maximum Gasteiger partial charge on any atom is 0.118 e. The molecule has 0 aromatic heterocycles. The summed E-state index contributed by atoms with van der Waals surface area (Å²) in [4.78, 5) is 4.34. The molecule has 0 fully saturated rings. The van der Waals surface area contributed by atoms with Crippen molar-refractivity contribution in [3.63, 3.8) is 0 Å². The van der Waals surface area contributed by atoms with Crippen LogP contribution in [0.2, 0.25) is 0 Å². The van der Waals surface area contributed by atoms with Gasteiger partial charge in [-0.2, -0.15) is 0 Å². The Labute approximate surface area is 68.8 Å². The first kappa shape index (κ1) is 8.47. The zero-order valence-corrected chi connectivity index (χ0v) is 7.67.